The predicted octanol–water partition coefficient (Wildman–Crippen LogP) is 3.48. The van der Waals surface area contributed by atoms with Crippen molar-refractivity contribution < 1.29 is 9.13 Å². The predicted molar refractivity (Wildman–Crippen MR) is 75.9 cm³/mol. The van der Waals surface area contributed by atoms with Crippen molar-refractivity contribution in [2.45, 2.75) is 51.2 Å². The Morgan fingerprint density at radius 1 is 1.32 bits per heavy atom. The average molecular weight is 265 g/mol. The topological polar surface area (TPSA) is 21.3 Å². The van der Waals surface area contributed by atoms with Gasteiger partial charge in [0.25, 0.3) is 0 Å². The van der Waals surface area contributed by atoms with Gasteiger partial charge in [-0.15, -0.1) is 0 Å². The van der Waals surface area contributed by atoms with Gasteiger partial charge in [0, 0.05) is 12.6 Å². The summed E-state index contributed by atoms with van der Waals surface area (Å²) in [7, 11) is 0. The van der Waals surface area contributed by atoms with Gasteiger partial charge in [-0.1, -0.05) is 18.2 Å². The van der Waals surface area contributed by atoms with Crippen molar-refractivity contribution in [1.29, 1.82) is 0 Å². The second kappa shape index (κ2) is 7.01. The van der Waals surface area contributed by atoms with E-state index in [0.717, 1.165) is 38.0 Å². The maximum absolute atomic E-state index is 13.6. The smallest absolute Gasteiger partial charge is 0.126 e. The van der Waals surface area contributed by atoms with Crippen LogP contribution in [0.15, 0.2) is 24.3 Å². The fraction of sp³-hybridized carbons (Fsp3) is 0.625. The van der Waals surface area contributed by atoms with Gasteiger partial charge in [0.15, 0.2) is 0 Å². The van der Waals surface area contributed by atoms with Crippen molar-refractivity contribution in [3.8, 4) is 0 Å². The lowest BCUT2D eigenvalue weighted by Gasteiger charge is -2.36. The zero-order chi connectivity index (χ0) is 13.7. The van der Waals surface area contributed by atoms with Crippen molar-refractivity contribution in [2.24, 2.45) is 0 Å². The number of hydrogen-bond acceptors (Lipinski definition) is 2. The van der Waals surface area contributed by atoms with Crippen molar-refractivity contribution in [3.05, 3.63) is 35.6 Å². The summed E-state index contributed by atoms with van der Waals surface area (Å²) >= 11 is 0. The van der Waals surface area contributed by atoms with E-state index in [1.54, 1.807) is 12.1 Å². The van der Waals surface area contributed by atoms with Crippen LogP contribution < -0.4 is 5.32 Å². The molecule has 0 aliphatic heterocycles. The molecule has 106 valence electrons. The Balaban J connectivity index is 1.60. The first-order valence-corrected chi connectivity index (χ1v) is 7.26. The molecule has 0 atom stereocenters. The van der Waals surface area contributed by atoms with Crippen molar-refractivity contribution in [2.75, 3.05) is 13.2 Å². The molecule has 0 spiro atoms. The number of rotatable bonds is 7. The fourth-order valence-electron chi connectivity index (χ4n) is 2.54. The molecule has 1 aliphatic rings. The van der Waals surface area contributed by atoms with Crippen LogP contribution in [0.25, 0.3) is 0 Å². The summed E-state index contributed by atoms with van der Waals surface area (Å²) in [5.41, 5.74) is 0.878. The summed E-state index contributed by atoms with van der Waals surface area (Å²) in [4.78, 5) is 0. The van der Waals surface area contributed by atoms with Gasteiger partial charge in [0.05, 0.1) is 6.10 Å². The molecule has 0 aromatic heterocycles. The standard InChI is InChI=1S/C16H24FNO/c1-12(2)19-9-5-8-18-14-10-13(11-14)15-6-3-4-7-16(15)17/h3-4,6-7,12-14,18H,5,8-11H2,1-2H3. The first-order chi connectivity index (χ1) is 9.16. The highest BCUT2D eigenvalue weighted by molar-refractivity contribution is 5.24. The zero-order valence-electron chi connectivity index (χ0n) is 11.9. The summed E-state index contributed by atoms with van der Waals surface area (Å²) in [5, 5.41) is 3.51. The summed E-state index contributed by atoms with van der Waals surface area (Å²) in [6.07, 6.45) is 3.45. The van der Waals surface area contributed by atoms with Gasteiger partial charge < -0.3 is 10.1 Å². The van der Waals surface area contributed by atoms with E-state index in [4.69, 9.17) is 4.74 Å². The fourth-order valence-corrected chi connectivity index (χ4v) is 2.54. The van der Waals surface area contributed by atoms with E-state index >= 15 is 0 Å². The average Bonchev–Trinajstić information content (AvgIpc) is 2.32. The second-order valence-corrected chi connectivity index (χ2v) is 5.61. The molecule has 0 unspecified atom stereocenters. The van der Waals surface area contributed by atoms with Gasteiger partial charge in [-0.05, 0) is 57.2 Å². The Morgan fingerprint density at radius 3 is 2.74 bits per heavy atom. The van der Waals surface area contributed by atoms with E-state index in [1.165, 1.54) is 0 Å². The van der Waals surface area contributed by atoms with E-state index in [1.807, 2.05) is 12.1 Å². The maximum atomic E-state index is 13.6. The Bertz CT molecular complexity index is 388. The zero-order valence-corrected chi connectivity index (χ0v) is 11.9. The molecular formula is C16H24FNO. The molecule has 0 heterocycles. The highest BCUT2D eigenvalue weighted by Crippen LogP contribution is 2.37. The van der Waals surface area contributed by atoms with Crippen LogP contribution in [0.2, 0.25) is 0 Å². The highest BCUT2D eigenvalue weighted by atomic mass is 19.1. The molecule has 1 fully saturated rings. The van der Waals surface area contributed by atoms with Gasteiger partial charge in [-0.3, -0.25) is 0 Å². The number of ether oxygens (including phenoxy) is 1. The molecule has 2 rings (SSSR count). The van der Waals surface area contributed by atoms with Crippen LogP contribution in [0, 0.1) is 5.82 Å². The minimum absolute atomic E-state index is 0.0590. The van der Waals surface area contributed by atoms with Crippen LogP contribution in [-0.2, 0) is 4.74 Å². The lowest BCUT2D eigenvalue weighted by molar-refractivity contribution is 0.0760. The molecule has 1 aromatic rings. The lowest BCUT2D eigenvalue weighted by atomic mass is 9.75. The summed E-state index contributed by atoms with van der Waals surface area (Å²) in [5.74, 6) is 0.335. The van der Waals surface area contributed by atoms with Gasteiger partial charge in [-0.2, -0.15) is 0 Å². The molecule has 0 amide bonds. The van der Waals surface area contributed by atoms with Crippen molar-refractivity contribution in [1.82, 2.24) is 5.32 Å². The number of hydrogen-bond donors (Lipinski definition) is 1. The first-order valence-electron chi connectivity index (χ1n) is 7.26. The molecule has 3 heteroatoms. The maximum Gasteiger partial charge on any atom is 0.126 e. The normalized spacial score (nSPS) is 22.5. The van der Waals surface area contributed by atoms with E-state index in [9.17, 15) is 4.39 Å². The van der Waals surface area contributed by atoms with Gasteiger partial charge >= 0.3 is 0 Å². The number of halogens is 1. The van der Waals surface area contributed by atoms with Gasteiger partial charge in [-0.25, -0.2) is 4.39 Å². The van der Waals surface area contributed by atoms with Crippen LogP contribution in [0.3, 0.4) is 0 Å². The second-order valence-electron chi connectivity index (χ2n) is 5.61. The van der Waals surface area contributed by atoms with Gasteiger partial charge in [0.1, 0.15) is 5.82 Å². The highest BCUT2D eigenvalue weighted by Gasteiger charge is 2.31. The van der Waals surface area contributed by atoms with Crippen molar-refractivity contribution in [3.63, 3.8) is 0 Å². The van der Waals surface area contributed by atoms with Crippen LogP contribution in [-0.4, -0.2) is 25.3 Å². The monoisotopic (exact) mass is 265 g/mol. The first kappa shape index (κ1) is 14.5. The molecule has 2 nitrogen and oxygen atoms in total. The van der Waals surface area contributed by atoms with Crippen LogP contribution >= 0.6 is 0 Å². The van der Waals surface area contributed by atoms with E-state index < -0.39 is 0 Å². The van der Waals surface area contributed by atoms with Crippen LogP contribution in [0.5, 0.6) is 0 Å². The summed E-state index contributed by atoms with van der Waals surface area (Å²) in [6.45, 7) is 5.91. The lowest BCUT2D eigenvalue weighted by Crippen LogP contribution is -2.41. The third kappa shape index (κ3) is 4.29. The van der Waals surface area contributed by atoms with Crippen molar-refractivity contribution >= 4 is 0 Å². The minimum Gasteiger partial charge on any atom is -0.379 e. The molecule has 19 heavy (non-hydrogen) atoms. The largest absolute Gasteiger partial charge is 0.379 e. The SMILES string of the molecule is CC(C)OCCCNC1CC(c2ccccc2F)C1. The molecule has 0 radical (unpaired) electrons. The number of nitrogens with one attached hydrogen (secondary N) is 1. The third-order valence-electron chi connectivity index (χ3n) is 3.69. The summed E-state index contributed by atoms with van der Waals surface area (Å²) in [6, 6.07) is 7.68. The molecule has 1 aliphatic carbocycles. The molecule has 1 N–H and O–H groups in total. The minimum atomic E-state index is -0.0590. The van der Waals surface area contributed by atoms with E-state index in [2.05, 4.69) is 19.2 Å². The molecular weight excluding hydrogens is 241 g/mol. The summed E-state index contributed by atoms with van der Waals surface area (Å²) < 4.78 is 19.1. The molecule has 1 aromatic carbocycles. The third-order valence-corrected chi connectivity index (χ3v) is 3.69. The molecule has 0 bridgehead atoms. The Labute approximate surface area is 115 Å². The number of benzene rings is 1. The Morgan fingerprint density at radius 2 is 2.05 bits per heavy atom. The van der Waals surface area contributed by atoms with E-state index in [0.29, 0.717) is 18.1 Å². The van der Waals surface area contributed by atoms with E-state index in [-0.39, 0.29) is 5.82 Å². The van der Waals surface area contributed by atoms with Gasteiger partial charge in [0.2, 0.25) is 0 Å². The molecule has 1 saturated carbocycles. The molecule has 0 saturated heterocycles. The Hall–Kier alpha value is -0.930. The Kier molecular flexibility index (Phi) is 5.34. The quantitative estimate of drug-likeness (QED) is 0.762. The van der Waals surface area contributed by atoms with Crippen LogP contribution in [0.4, 0.5) is 4.39 Å². The van der Waals surface area contributed by atoms with Crippen LogP contribution in [0.1, 0.15) is 44.6 Å².